The Bertz CT molecular complexity index is 472. The molecule has 0 aromatic heterocycles. The first-order valence-corrected chi connectivity index (χ1v) is 5.93. The molecule has 4 nitrogen and oxygen atoms in total. The Kier molecular flexibility index (Phi) is 4.99. The van der Waals surface area contributed by atoms with Crippen molar-refractivity contribution in [3.05, 3.63) is 29.8 Å². The van der Waals surface area contributed by atoms with Crippen LogP contribution in [-0.4, -0.2) is 24.7 Å². The Morgan fingerprint density at radius 2 is 1.90 bits per heavy atom. The highest BCUT2D eigenvalue weighted by molar-refractivity contribution is 5.80. The van der Waals surface area contributed by atoms with Crippen molar-refractivity contribution >= 4 is 5.97 Å². The lowest BCUT2D eigenvalue weighted by atomic mass is 10.1. The minimum absolute atomic E-state index is 0.130. The molecule has 1 aromatic rings. The summed E-state index contributed by atoms with van der Waals surface area (Å²) in [4.78, 5) is 11.5. The maximum Gasteiger partial charge on any atom is 0.419 e. The highest BCUT2D eigenvalue weighted by Gasteiger charge is 2.36. The van der Waals surface area contributed by atoms with E-state index in [1.165, 1.54) is 25.1 Å². The summed E-state index contributed by atoms with van der Waals surface area (Å²) in [5, 5.41) is 0. The third-order valence-electron chi connectivity index (χ3n) is 2.46. The maximum atomic E-state index is 12.7. The number of nitrogens with two attached hydrogens (primary N) is 1. The summed E-state index contributed by atoms with van der Waals surface area (Å²) < 4.78 is 48.0. The fourth-order valence-corrected chi connectivity index (χ4v) is 1.41. The Morgan fingerprint density at radius 1 is 1.30 bits per heavy atom. The summed E-state index contributed by atoms with van der Waals surface area (Å²) in [6.45, 7) is 2.65. The van der Waals surface area contributed by atoms with Crippen LogP contribution in [0.15, 0.2) is 24.3 Å². The van der Waals surface area contributed by atoms with Gasteiger partial charge in [-0.05, 0) is 26.0 Å². The molecule has 7 heteroatoms. The molecule has 0 radical (unpaired) electrons. The van der Waals surface area contributed by atoms with Gasteiger partial charge in [-0.3, -0.25) is 0 Å². The SMILES string of the molecule is CCOC(=O)C(C)(N)COc1ccccc1C(F)(F)F. The van der Waals surface area contributed by atoms with E-state index in [1.807, 2.05) is 0 Å². The number of halogens is 3. The van der Waals surface area contributed by atoms with Gasteiger partial charge >= 0.3 is 12.1 Å². The van der Waals surface area contributed by atoms with E-state index in [2.05, 4.69) is 0 Å². The highest BCUT2D eigenvalue weighted by atomic mass is 19.4. The Morgan fingerprint density at radius 3 is 2.45 bits per heavy atom. The van der Waals surface area contributed by atoms with Gasteiger partial charge in [0, 0.05) is 0 Å². The average molecular weight is 291 g/mol. The summed E-state index contributed by atoms with van der Waals surface area (Å²) in [6, 6.07) is 4.73. The summed E-state index contributed by atoms with van der Waals surface area (Å²) in [5.41, 5.74) is 3.24. The van der Waals surface area contributed by atoms with E-state index in [4.69, 9.17) is 15.2 Å². The summed E-state index contributed by atoms with van der Waals surface area (Å²) in [7, 11) is 0. The first kappa shape index (κ1) is 16.3. The second-order valence-electron chi connectivity index (χ2n) is 4.42. The third-order valence-corrected chi connectivity index (χ3v) is 2.46. The standard InChI is InChI=1S/C13H16F3NO3/c1-3-19-11(18)12(2,17)8-20-10-7-5-4-6-9(10)13(14,15)16/h4-7H,3,8,17H2,1-2H3. The highest BCUT2D eigenvalue weighted by Crippen LogP contribution is 2.36. The molecule has 112 valence electrons. The molecular formula is C13H16F3NO3. The summed E-state index contributed by atoms with van der Waals surface area (Å²) in [5.74, 6) is -1.11. The Labute approximate surface area is 114 Å². The van der Waals surface area contributed by atoms with Crippen LogP contribution < -0.4 is 10.5 Å². The van der Waals surface area contributed by atoms with Gasteiger partial charge in [0.1, 0.15) is 17.9 Å². The van der Waals surface area contributed by atoms with Crippen molar-refractivity contribution in [1.82, 2.24) is 0 Å². The van der Waals surface area contributed by atoms with Gasteiger partial charge < -0.3 is 15.2 Å². The predicted molar refractivity (Wildman–Crippen MR) is 66.2 cm³/mol. The van der Waals surface area contributed by atoms with Gasteiger partial charge in [0.2, 0.25) is 0 Å². The van der Waals surface area contributed by atoms with Crippen molar-refractivity contribution in [3.63, 3.8) is 0 Å². The molecule has 0 heterocycles. The molecule has 1 unspecified atom stereocenters. The quantitative estimate of drug-likeness (QED) is 0.846. The van der Waals surface area contributed by atoms with Crippen LogP contribution in [0.5, 0.6) is 5.75 Å². The van der Waals surface area contributed by atoms with Crippen LogP contribution in [0.3, 0.4) is 0 Å². The molecule has 1 atom stereocenters. The number of para-hydroxylation sites is 1. The van der Waals surface area contributed by atoms with Crippen LogP contribution in [-0.2, 0) is 15.7 Å². The second kappa shape index (κ2) is 6.13. The molecule has 0 aliphatic rings. The van der Waals surface area contributed by atoms with Crippen molar-refractivity contribution in [3.8, 4) is 5.75 Å². The minimum Gasteiger partial charge on any atom is -0.490 e. The van der Waals surface area contributed by atoms with Gasteiger partial charge in [-0.2, -0.15) is 13.2 Å². The topological polar surface area (TPSA) is 61.5 Å². The fraction of sp³-hybridized carbons (Fsp3) is 0.462. The Hall–Kier alpha value is -1.76. The number of rotatable bonds is 5. The molecule has 1 aromatic carbocycles. The second-order valence-corrected chi connectivity index (χ2v) is 4.42. The molecule has 20 heavy (non-hydrogen) atoms. The molecule has 2 N–H and O–H groups in total. The lowest BCUT2D eigenvalue weighted by Gasteiger charge is -2.23. The van der Waals surface area contributed by atoms with Crippen LogP contribution in [0, 0.1) is 0 Å². The third kappa shape index (κ3) is 4.12. The number of esters is 1. The summed E-state index contributed by atoms with van der Waals surface area (Å²) in [6.07, 6.45) is -4.54. The lowest BCUT2D eigenvalue weighted by Crippen LogP contribution is -2.51. The lowest BCUT2D eigenvalue weighted by molar-refractivity contribution is -0.150. The van der Waals surface area contributed by atoms with E-state index in [0.717, 1.165) is 6.07 Å². The van der Waals surface area contributed by atoms with Crippen LogP contribution in [0.2, 0.25) is 0 Å². The first-order chi connectivity index (χ1) is 9.18. The number of alkyl halides is 3. The zero-order valence-corrected chi connectivity index (χ0v) is 11.2. The minimum atomic E-state index is -4.54. The van der Waals surface area contributed by atoms with Gasteiger partial charge in [0.25, 0.3) is 0 Å². The number of hydrogen-bond donors (Lipinski definition) is 1. The van der Waals surface area contributed by atoms with E-state index in [0.29, 0.717) is 0 Å². The van der Waals surface area contributed by atoms with E-state index < -0.39 is 29.9 Å². The normalized spacial score (nSPS) is 14.5. The van der Waals surface area contributed by atoms with Crippen LogP contribution >= 0.6 is 0 Å². The molecule has 0 saturated heterocycles. The number of carbonyl (C=O) groups excluding carboxylic acids is 1. The van der Waals surface area contributed by atoms with E-state index >= 15 is 0 Å². The van der Waals surface area contributed by atoms with Crippen LogP contribution in [0.1, 0.15) is 19.4 Å². The molecule has 1 rings (SSSR count). The Balaban J connectivity index is 2.83. The molecule has 0 spiro atoms. The maximum absolute atomic E-state index is 12.7. The summed E-state index contributed by atoms with van der Waals surface area (Å²) >= 11 is 0. The zero-order valence-electron chi connectivity index (χ0n) is 11.2. The molecule has 0 aliphatic carbocycles. The zero-order chi connectivity index (χ0) is 15.4. The number of hydrogen-bond acceptors (Lipinski definition) is 4. The van der Waals surface area contributed by atoms with Crippen molar-refractivity contribution in [2.24, 2.45) is 5.73 Å². The van der Waals surface area contributed by atoms with Gasteiger partial charge in [-0.1, -0.05) is 12.1 Å². The smallest absolute Gasteiger partial charge is 0.419 e. The molecule has 0 aliphatic heterocycles. The van der Waals surface area contributed by atoms with E-state index in [9.17, 15) is 18.0 Å². The first-order valence-electron chi connectivity index (χ1n) is 5.93. The van der Waals surface area contributed by atoms with Gasteiger partial charge in [0.05, 0.1) is 12.2 Å². The average Bonchev–Trinajstić information content (AvgIpc) is 2.36. The van der Waals surface area contributed by atoms with Crippen molar-refractivity contribution < 1.29 is 27.4 Å². The van der Waals surface area contributed by atoms with E-state index in [-0.39, 0.29) is 12.4 Å². The van der Waals surface area contributed by atoms with Gasteiger partial charge in [-0.25, -0.2) is 4.79 Å². The van der Waals surface area contributed by atoms with Crippen molar-refractivity contribution in [2.75, 3.05) is 13.2 Å². The monoisotopic (exact) mass is 291 g/mol. The number of benzene rings is 1. The molecular weight excluding hydrogens is 275 g/mol. The van der Waals surface area contributed by atoms with Gasteiger partial charge in [0.15, 0.2) is 0 Å². The van der Waals surface area contributed by atoms with E-state index in [1.54, 1.807) is 6.92 Å². The largest absolute Gasteiger partial charge is 0.490 e. The van der Waals surface area contributed by atoms with Gasteiger partial charge in [-0.15, -0.1) is 0 Å². The molecule has 0 bridgehead atoms. The molecule has 0 amide bonds. The molecule has 0 fully saturated rings. The fourth-order valence-electron chi connectivity index (χ4n) is 1.41. The van der Waals surface area contributed by atoms with Crippen molar-refractivity contribution in [1.29, 1.82) is 0 Å². The van der Waals surface area contributed by atoms with Crippen LogP contribution in [0.4, 0.5) is 13.2 Å². The predicted octanol–water partition coefficient (Wildman–Crippen LogP) is 2.36. The number of carbonyl (C=O) groups is 1. The van der Waals surface area contributed by atoms with Crippen LogP contribution in [0.25, 0.3) is 0 Å². The molecule has 0 saturated carbocycles. The number of ether oxygens (including phenoxy) is 2. The van der Waals surface area contributed by atoms with Crippen molar-refractivity contribution in [2.45, 2.75) is 25.6 Å².